The number of amides is 1. The van der Waals surface area contributed by atoms with Crippen molar-refractivity contribution < 1.29 is 9.32 Å². The number of aromatic nitrogens is 1. The number of rotatable bonds is 7. The summed E-state index contributed by atoms with van der Waals surface area (Å²) in [7, 11) is 0. The third kappa shape index (κ3) is 4.49. The molecule has 0 unspecified atom stereocenters. The molecular weight excluding hydrogens is 278 g/mol. The molecule has 0 bridgehead atoms. The zero-order chi connectivity index (χ0) is 14.5. The topological polar surface area (TPSA) is 81.1 Å². The normalized spacial score (nSPS) is 11.1. The lowest BCUT2D eigenvalue weighted by atomic mass is 9.92. The van der Waals surface area contributed by atoms with Crippen molar-refractivity contribution in [3.05, 3.63) is 17.0 Å². The van der Waals surface area contributed by atoms with Gasteiger partial charge in [0.2, 0.25) is 5.91 Å². The van der Waals surface area contributed by atoms with Crippen molar-refractivity contribution in [1.82, 2.24) is 10.5 Å². The maximum absolute atomic E-state index is 12.0. The standard InChI is InChI=1S/C14H25N3O2.ClH/c1-5-14(6-2,9-15)16-13(18)8-7-12-10(3)17-19-11(12)4;/h5-9,15H2,1-4H3,(H,16,18);1H. The quantitative estimate of drug-likeness (QED) is 0.809. The molecule has 0 aliphatic carbocycles. The predicted molar refractivity (Wildman–Crippen MR) is 82.1 cm³/mol. The summed E-state index contributed by atoms with van der Waals surface area (Å²) in [4.78, 5) is 12.0. The molecule has 0 saturated heterocycles. The average Bonchev–Trinajstić information content (AvgIpc) is 2.73. The van der Waals surface area contributed by atoms with Gasteiger partial charge in [-0.05, 0) is 33.1 Å². The Bertz CT molecular complexity index is 400. The fourth-order valence-electron chi connectivity index (χ4n) is 2.22. The fraction of sp³-hybridized carbons (Fsp3) is 0.714. The first kappa shape index (κ1) is 18.9. The maximum atomic E-state index is 12.0. The van der Waals surface area contributed by atoms with Gasteiger partial charge in [0.05, 0.1) is 11.2 Å². The van der Waals surface area contributed by atoms with Gasteiger partial charge in [0.25, 0.3) is 0 Å². The zero-order valence-electron chi connectivity index (χ0n) is 12.8. The van der Waals surface area contributed by atoms with Crippen molar-refractivity contribution in [3.63, 3.8) is 0 Å². The highest BCUT2D eigenvalue weighted by Crippen LogP contribution is 2.16. The summed E-state index contributed by atoms with van der Waals surface area (Å²) < 4.78 is 5.09. The van der Waals surface area contributed by atoms with E-state index in [0.29, 0.717) is 19.4 Å². The molecule has 5 nitrogen and oxygen atoms in total. The van der Waals surface area contributed by atoms with E-state index in [1.807, 2.05) is 27.7 Å². The molecule has 1 heterocycles. The molecule has 0 spiro atoms. The molecule has 0 atom stereocenters. The van der Waals surface area contributed by atoms with Gasteiger partial charge in [0.1, 0.15) is 5.76 Å². The van der Waals surface area contributed by atoms with Gasteiger partial charge in [0, 0.05) is 18.5 Å². The van der Waals surface area contributed by atoms with Crippen molar-refractivity contribution in [2.24, 2.45) is 5.73 Å². The summed E-state index contributed by atoms with van der Waals surface area (Å²) >= 11 is 0. The number of nitrogens with one attached hydrogen (secondary N) is 1. The molecule has 0 aliphatic rings. The predicted octanol–water partition coefficient (Wildman–Crippen LogP) is 2.28. The molecule has 1 amide bonds. The second-order valence-electron chi connectivity index (χ2n) is 5.04. The van der Waals surface area contributed by atoms with Crippen LogP contribution in [0.4, 0.5) is 0 Å². The van der Waals surface area contributed by atoms with Crippen LogP contribution in [0.1, 0.15) is 50.1 Å². The molecular formula is C14H26ClN3O2. The number of halogens is 1. The highest BCUT2D eigenvalue weighted by molar-refractivity contribution is 5.85. The van der Waals surface area contributed by atoms with E-state index in [1.165, 1.54) is 0 Å². The van der Waals surface area contributed by atoms with E-state index in [2.05, 4.69) is 10.5 Å². The van der Waals surface area contributed by atoms with Crippen molar-refractivity contribution in [2.75, 3.05) is 6.54 Å². The molecule has 0 radical (unpaired) electrons. The van der Waals surface area contributed by atoms with Gasteiger partial charge >= 0.3 is 0 Å². The van der Waals surface area contributed by atoms with Crippen LogP contribution in [0, 0.1) is 13.8 Å². The summed E-state index contributed by atoms with van der Waals surface area (Å²) in [6.45, 7) is 8.33. The number of hydrogen-bond donors (Lipinski definition) is 2. The minimum Gasteiger partial charge on any atom is -0.361 e. The van der Waals surface area contributed by atoms with Crippen LogP contribution >= 0.6 is 12.4 Å². The monoisotopic (exact) mass is 303 g/mol. The first-order valence-corrected chi connectivity index (χ1v) is 6.90. The number of hydrogen-bond acceptors (Lipinski definition) is 4. The molecule has 1 rings (SSSR count). The molecule has 6 heteroatoms. The molecule has 20 heavy (non-hydrogen) atoms. The summed E-state index contributed by atoms with van der Waals surface area (Å²) in [5.74, 6) is 0.829. The zero-order valence-corrected chi connectivity index (χ0v) is 13.6. The Morgan fingerprint density at radius 3 is 2.35 bits per heavy atom. The van der Waals surface area contributed by atoms with Gasteiger partial charge in [-0.2, -0.15) is 0 Å². The van der Waals surface area contributed by atoms with Crippen molar-refractivity contribution in [3.8, 4) is 0 Å². The average molecular weight is 304 g/mol. The van der Waals surface area contributed by atoms with Gasteiger partial charge < -0.3 is 15.6 Å². The summed E-state index contributed by atoms with van der Waals surface area (Å²) in [5.41, 5.74) is 7.40. The first-order chi connectivity index (χ1) is 8.98. The van der Waals surface area contributed by atoms with Gasteiger partial charge in [-0.25, -0.2) is 0 Å². The van der Waals surface area contributed by atoms with Crippen LogP contribution in [0.25, 0.3) is 0 Å². The van der Waals surface area contributed by atoms with E-state index in [9.17, 15) is 4.79 Å². The van der Waals surface area contributed by atoms with Crippen LogP contribution in [0.15, 0.2) is 4.52 Å². The van der Waals surface area contributed by atoms with Crippen LogP contribution in [0.3, 0.4) is 0 Å². The Morgan fingerprint density at radius 1 is 1.35 bits per heavy atom. The molecule has 0 aliphatic heterocycles. The van der Waals surface area contributed by atoms with Crippen LogP contribution in [0.5, 0.6) is 0 Å². The van der Waals surface area contributed by atoms with E-state index >= 15 is 0 Å². The molecule has 1 aromatic rings. The molecule has 0 fully saturated rings. The number of nitrogens with two attached hydrogens (primary N) is 1. The van der Waals surface area contributed by atoms with Crippen LogP contribution in [-0.2, 0) is 11.2 Å². The van der Waals surface area contributed by atoms with E-state index in [1.54, 1.807) is 0 Å². The van der Waals surface area contributed by atoms with E-state index in [4.69, 9.17) is 10.3 Å². The van der Waals surface area contributed by atoms with Crippen molar-refractivity contribution in [1.29, 1.82) is 0 Å². The highest BCUT2D eigenvalue weighted by Gasteiger charge is 2.26. The van der Waals surface area contributed by atoms with Crippen molar-refractivity contribution in [2.45, 2.75) is 58.9 Å². The first-order valence-electron chi connectivity index (χ1n) is 6.90. The molecule has 116 valence electrons. The minimum absolute atomic E-state index is 0. The SMILES string of the molecule is CCC(CC)(CN)NC(=O)CCc1c(C)noc1C.Cl. The Hall–Kier alpha value is -1.07. The Balaban J connectivity index is 0.00000361. The van der Waals surface area contributed by atoms with Gasteiger partial charge in [-0.3, -0.25) is 4.79 Å². The van der Waals surface area contributed by atoms with E-state index in [-0.39, 0.29) is 23.9 Å². The Morgan fingerprint density at radius 2 is 1.95 bits per heavy atom. The third-order valence-corrected chi connectivity index (χ3v) is 3.93. The van der Waals surface area contributed by atoms with E-state index < -0.39 is 0 Å². The number of carbonyl (C=O) groups excluding carboxylic acids is 1. The van der Waals surface area contributed by atoms with E-state index in [0.717, 1.165) is 29.9 Å². The highest BCUT2D eigenvalue weighted by atomic mass is 35.5. The second kappa shape index (κ2) is 8.27. The number of nitrogens with zero attached hydrogens (tertiary/aromatic N) is 1. The van der Waals surface area contributed by atoms with Crippen LogP contribution < -0.4 is 11.1 Å². The number of aryl methyl sites for hydroxylation is 2. The lowest BCUT2D eigenvalue weighted by molar-refractivity contribution is -0.123. The van der Waals surface area contributed by atoms with Gasteiger partial charge in [-0.1, -0.05) is 19.0 Å². The lowest BCUT2D eigenvalue weighted by Crippen LogP contribution is -2.52. The molecule has 0 aromatic carbocycles. The maximum Gasteiger partial charge on any atom is 0.220 e. The lowest BCUT2D eigenvalue weighted by Gasteiger charge is -2.31. The largest absolute Gasteiger partial charge is 0.361 e. The van der Waals surface area contributed by atoms with Crippen molar-refractivity contribution >= 4 is 18.3 Å². The minimum atomic E-state index is -0.268. The summed E-state index contributed by atoms with van der Waals surface area (Å²) in [6, 6.07) is 0. The van der Waals surface area contributed by atoms with Gasteiger partial charge in [-0.15, -0.1) is 12.4 Å². The number of carbonyl (C=O) groups is 1. The van der Waals surface area contributed by atoms with Gasteiger partial charge in [0.15, 0.2) is 0 Å². The Kier molecular flexibility index (Phi) is 7.83. The van der Waals surface area contributed by atoms with Crippen LogP contribution in [0.2, 0.25) is 0 Å². The fourth-order valence-corrected chi connectivity index (χ4v) is 2.22. The second-order valence-corrected chi connectivity index (χ2v) is 5.04. The third-order valence-electron chi connectivity index (χ3n) is 3.93. The molecule has 0 saturated carbocycles. The Labute approximate surface area is 127 Å². The molecule has 1 aromatic heterocycles. The summed E-state index contributed by atoms with van der Waals surface area (Å²) in [5, 5.41) is 6.96. The molecule has 3 N–H and O–H groups in total. The summed E-state index contributed by atoms with van der Waals surface area (Å²) in [6.07, 6.45) is 2.78. The smallest absolute Gasteiger partial charge is 0.220 e. The van der Waals surface area contributed by atoms with Crippen LogP contribution in [-0.4, -0.2) is 23.1 Å².